The second kappa shape index (κ2) is 6.19. The van der Waals surface area contributed by atoms with Gasteiger partial charge in [0.25, 0.3) is 0 Å². The molecule has 1 aromatic rings. The minimum atomic E-state index is -0.233. The maximum atomic E-state index is 13.5. The summed E-state index contributed by atoms with van der Waals surface area (Å²) < 4.78 is 13.5. The lowest BCUT2D eigenvalue weighted by Crippen LogP contribution is -2.28. The molecular formula is C14H16FNO2S. The number of hydrogen-bond acceptors (Lipinski definition) is 3. The van der Waals surface area contributed by atoms with Gasteiger partial charge in [-0.1, -0.05) is 30.0 Å². The predicted octanol–water partition coefficient (Wildman–Crippen LogP) is 2.25. The van der Waals surface area contributed by atoms with Gasteiger partial charge in [0.05, 0.1) is 0 Å². The third-order valence-electron chi connectivity index (χ3n) is 3.12. The molecule has 5 heteroatoms. The fourth-order valence-corrected chi connectivity index (χ4v) is 3.17. The number of halogens is 1. The second-order valence-corrected chi connectivity index (χ2v) is 6.09. The van der Waals surface area contributed by atoms with E-state index in [-0.39, 0.29) is 22.1 Å². The Labute approximate surface area is 116 Å². The van der Waals surface area contributed by atoms with Gasteiger partial charge in [0.1, 0.15) is 5.82 Å². The van der Waals surface area contributed by atoms with Crippen molar-refractivity contribution < 1.29 is 14.0 Å². The predicted molar refractivity (Wildman–Crippen MR) is 73.4 cm³/mol. The molecule has 1 aliphatic heterocycles. The fourth-order valence-electron chi connectivity index (χ4n) is 2.22. The quantitative estimate of drug-likeness (QED) is 0.849. The molecule has 0 N–H and O–H groups in total. The molecule has 1 heterocycles. The van der Waals surface area contributed by atoms with Gasteiger partial charge in [0.2, 0.25) is 5.91 Å². The van der Waals surface area contributed by atoms with Crippen molar-refractivity contribution in [2.45, 2.75) is 25.0 Å². The maximum Gasteiger partial charge on any atom is 0.223 e. The number of nitrogens with zero attached hydrogens (tertiary/aromatic N) is 1. The van der Waals surface area contributed by atoms with Crippen LogP contribution in [0, 0.1) is 5.82 Å². The van der Waals surface area contributed by atoms with E-state index < -0.39 is 0 Å². The lowest BCUT2D eigenvalue weighted by Gasteiger charge is -2.16. The van der Waals surface area contributed by atoms with Crippen LogP contribution in [-0.4, -0.2) is 34.3 Å². The highest BCUT2D eigenvalue weighted by Gasteiger charge is 2.30. The standard InChI is InChI=1S/C14H16FNO2S/c1-10(17)19-12-8-14(18)16(9-12)7-6-11-4-2-3-5-13(11)15/h2-5,12H,6-9H2,1H3. The molecule has 1 atom stereocenters. The zero-order chi connectivity index (χ0) is 13.8. The molecule has 0 saturated carbocycles. The topological polar surface area (TPSA) is 37.4 Å². The van der Waals surface area contributed by atoms with E-state index in [0.29, 0.717) is 31.5 Å². The average Bonchev–Trinajstić information content (AvgIpc) is 2.67. The Morgan fingerprint density at radius 1 is 1.47 bits per heavy atom. The van der Waals surface area contributed by atoms with Gasteiger partial charge >= 0.3 is 0 Å². The van der Waals surface area contributed by atoms with E-state index >= 15 is 0 Å². The van der Waals surface area contributed by atoms with Crippen LogP contribution in [0.25, 0.3) is 0 Å². The Balaban J connectivity index is 1.88. The number of likely N-dealkylation sites (tertiary alicyclic amines) is 1. The second-order valence-electron chi connectivity index (χ2n) is 4.62. The molecule has 1 unspecified atom stereocenters. The van der Waals surface area contributed by atoms with E-state index in [9.17, 15) is 14.0 Å². The molecule has 1 aliphatic rings. The summed E-state index contributed by atoms with van der Waals surface area (Å²) in [5.41, 5.74) is 0.623. The average molecular weight is 281 g/mol. The Kier molecular flexibility index (Phi) is 4.58. The van der Waals surface area contributed by atoms with Crippen molar-refractivity contribution in [2.24, 2.45) is 0 Å². The summed E-state index contributed by atoms with van der Waals surface area (Å²) in [5, 5.41) is 0.0828. The Hall–Kier alpha value is -1.36. The van der Waals surface area contributed by atoms with Gasteiger partial charge in [0.15, 0.2) is 5.12 Å². The van der Waals surface area contributed by atoms with Crippen molar-refractivity contribution in [1.82, 2.24) is 4.90 Å². The summed E-state index contributed by atoms with van der Waals surface area (Å²) in [6, 6.07) is 6.60. The number of thioether (sulfide) groups is 1. The summed E-state index contributed by atoms with van der Waals surface area (Å²) in [6.07, 6.45) is 0.914. The summed E-state index contributed by atoms with van der Waals surface area (Å²) >= 11 is 1.22. The van der Waals surface area contributed by atoms with Gasteiger partial charge in [-0.25, -0.2) is 4.39 Å². The first-order valence-electron chi connectivity index (χ1n) is 6.24. The summed E-state index contributed by atoms with van der Waals surface area (Å²) in [7, 11) is 0. The van der Waals surface area contributed by atoms with Crippen molar-refractivity contribution >= 4 is 22.8 Å². The zero-order valence-electron chi connectivity index (χ0n) is 10.8. The summed E-state index contributed by atoms with van der Waals surface area (Å²) in [4.78, 5) is 24.5. The van der Waals surface area contributed by atoms with Crippen LogP contribution in [0.2, 0.25) is 0 Å². The third-order valence-corrected chi connectivity index (χ3v) is 4.10. The van der Waals surface area contributed by atoms with Crippen LogP contribution < -0.4 is 0 Å². The van der Waals surface area contributed by atoms with Crippen LogP contribution in [0.4, 0.5) is 4.39 Å². The molecule has 2 rings (SSSR count). The molecular weight excluding hydrogens is 265 g/mol. The highest BCUT2D eigenvalue weighted by atomic mass is 32.2. The molecule has 3 nitrogen and oxygen atoms in total. The summed E-state index contributed by atoms with van der Waals surface area (Å²) in [5.74, 6) is -0.182. The molecule has 0 aliphatic carbocycles. The first kappa shape index (κ1) is 14.1. The van der Waals surface area contributed by atoms with E-state index in [1.807, 2.05) is 0 Å². The molecule has 1 aromatic carbocycles. The van der Waals surface area contributed by atoms with Gasteiger partial charge in [-0.3, -0.25) is 9.59 Å². The number of rotatable bonds is 4. The zero-order valence-corrected chi connectivity index (χ0v) is 11.6. The van der Waals surface area contributed by atoms with Crippen LogP contribution in [0.15, 0.2) is 24.3 Å². The van der Waals surface area contributed by atoms with Crippen molar-refractivity contribution in [3.05, 3.63) is 35.6 Å². The van der Waals surface area contributed by atoms with Gasteiger partial charge in [-0.15, -0.1) is 0 Å². The SMILES string of the molecule is CC(=O)SC1CC(=O)N(CCc2ccccc2F)C1. The highest BCUT2D eigenvalue weighted by Crippen LogP contribution is 2.24. The Bertz CT molecular complexity index is 492. The number of hydrogen-bond donors (Lipinski definition) is 0. The van der Waals surface area contributed by atoms with Crippen LogP contribution >= 0.6 is 11.8 Å². The Morgan fingerprint density at radius 3 is 2.89 bits per heavy atom. The van der Waals surface area contributed by atoms with Crippen molar-refractivity contribution in [3.8, 4) is 0 Å². The van der Waals surface area contributed by atoms with Crippen LogP contribution in [0.5, 0.6) is 0 Å². The van der Waals surface area contributed by atoms with Gasteiger partial charge in [-0.05, 0) is 18.1 Å². The number of benzene rings is 1. The molecule has 0 aromatic heterocycles. The third kappa shape index (κ3) is 3.80. The van der Waals surface area contributed by atoms with E-state index in [1.54, 1.807) is 23.1 Å². The minimum absolute atomic E-state index is 0.0359. The van der Waals surface area contributed by atoms with Gasteiger partial charge in [0, 0.05) is 31.7 Å². The van der Waals surface area contributed by atoms with E-state index in [2.05, 4.69) is 0 Å². The fraction of sp³-hybridized carbons (Fsp3) is 0.429. The highest BCUT2D eigenvalue weighted by molar-refractivity contribution is 8.14. The first-order valence-corrected chi connectivity index (χ1v) is 7.12. The molecule has 0 spiro atoms. The van der Waals surface area contributed by atoms with Crippen molar-refractivity contribution in [2.75, 3.05) is 13.1 Å². The van der Waals surface area contributed by atoms with Crippen LogP contribution in [0.3, 0.4) is 0 Å². The van der Waals surface area contributed by atoms with Crippen molar-refractivity contribution in [1.29, 1.82) is 0 Å². The van der Waals surface area contributed by atoms with E-state index in [1.165, 1.54) is 24.8 Å². The van der Waals surface area contributed by atoms with Gasteiger partial charge in [-0.2, -0.15) is 0 Å². The number of carbonyl (C=O) groups excluding carboxylic acids is 2. The van der Waals surface area contributed by atoms with Gasteiger partial charge < -0.3 is 4.90 Å². The normalized spacial score (nSPS) is 18.9. The molecule has 1 amide bonds. The minimum Gasteiger partial charge on any atom is -0.341 e. The monoisotopic (exact) mass is 281 g/mol. The number of amides is 1. The molecule has 0 radical (unpaired) electrons. The molecule has 102 valence electrons. The maximum absolute atomic E-state index is 13.5. The van der Waals surface area contributed by atoms with Crippen LogP contribution in [-0.2, 0) is 16.0 Å². The lowest BCUT2D eigenvalue weighted by atomic mass is 10.1. The van der Waals surface area contributed by atoms with E-state index in [4.69, 9.17) is 0 Å². The largest absolute Gasteiger partial charge is 0.341 e. The molecule has 1 saturated heterocycles. The van der Waals surface area contributed by atoms with Crippen molar-refractivity contribution in [3.63, 3.8) is 0 Å². The molecule has 19 heavy (non-hydrogen) atoms. The molecule has 0 bridgehead atoms. The smallest absolute Gasteiger partial charge is 0.223 e. The van der Waals surface area contributed by atoms with E-state index in [0.717, 1.165) is 0 Å². The lowest BCUT2D eigenvalue weighted by molar-refractivity contribution is -0.127. The first-order chi connectivity index (χ1) is 9.06. The summed E-state index contributed by atoms with van der Waals surface area (Å²) in [6.45, 7) is 2.60. The van der Waals surface area contributed by atoms with Crippen LogP contribution in [0.1, 0.15) is 18.9 Å². The molecule has 1 fully saturated rings. The Morgan fingerprint density at radius 2 is 2.21 bits per heavy atom. The number of carbonyl (C=O) groups is 2.